The molecule has 1 aromatic heterocycles. The maximum Gasteiger partial charge on any atom is 0.322 e. The number of aromatic hydroxyl groups is 1. The molecule has 7 N–H and O–H groups in total. The van der Waals surface area contributed by atoms with Crippen LogP contribution in [0, 0.1) is 0 Å². The molecule has 0 fully saturated rings. The van der Waals surface area contributed by atoms with Crippen LogP contribution in [0.25, 0.3) is 0 Å². The normalized spacial score (nSPS) is 12.8. The fraction of sp³-hybridized carbons (Fsp3) is 0.294. The number of carboxylic acid groups (broad SMARTS) is 1. The Morgan fingerprint density at radius 1 is 1.15 bits per heavy atom. The number of aromatic nitrogens is 2. The van der Waals surface area contributed by atoms with Crippen LogP contribution in [0.5, 0.6) is 5.75 Å². The lowest BCUT2D eigenvalue weighted by Gasteiger charge is -2.20. The van der Waals surface area contributed by atoms with E-state index in [1.165, 1.54) is 18.5 Å². The number of phenols is 1. The number of hydrogen-bond acceptors (Lipinski definition) is 6. The van der Waals surface area contributed by atoms with Gasteiger partial charge in [-0.1, -0.05) is 12.1 Å². The highest BCUT2D eigenvalue weighted by Crippen LogP contribution is 2.11. The number of benzene rings is 1. The molecule has 0 aliphatic carbocycles. The van der Waals surface area contributed by atoms with Gasteiger partial charge in [-0.3, -0.25) is 14.4 Å². The molecular formula is C17H21N5O5. The molecule has 2 unspecified atom stereocenters. The minimum Gasteiger partial charge on any atom is -0.508 e. The van der Waals surface area contributed by atoms with E-state index < -0.39 is 36.4 Å². The zero-order valence-electron chi connectivity index (χ0n) is 14.4. The molecule has 10 nitrogen and oxygen atoms in total. The molecule has 2 atom stereocenters. The summed E-state index contributed by atoms with van der Waals surface area (Å²) in [6.45, 7) is -0.568. The first kappa shape index (κ1) is 19.9. The Morgan fingerprint density at radius 3 is 2.44 bits per heavy atom. The molecule has 0 saturated carbocycles. The van der Waals surface area contributed by atoms with Gasteiger partial charge in [0, 0.05) is 24.7 Å². The van der Waals surface area contributed by atoms with Crippen molar-refractivity contribution in [1.82, 2.24) is 20.6 Å². The number of carbonyl (C=O) groups excluding carboxylic acids is 2. The Bertz CT molecular complexity index is 776. The predicted octanol–water partition coefficient (Wildman–Crippen LogP) is -1.09. The minimum absolute atomic E-state index is 0.0660. The molecule has 2 aromatic rings. The third-order valence-corrected chi connectivity index (χ3v) is 3.75. The van der Waals surface area contributed by atoms with E-state index in [-0.39, 0.29) is 18.6 Å². The summed E-state index contributed by atoms with van der Waals surface area (Å²) in [5.74, 6) is -2.34. The Hall–Kier alpha value is -3.40. The van der Waals surface area contributed by atoms with E-state index in [1.807, 2.05) is 0 Å². The van der Waals surface area contributed by atoms with Crippen LogP contribution in [0.2, 0.25) is 0 Å². The smallest absolute Gasteiger partial charge is 0.322 e. The summed E-state index contributed by atoms with van der Waals surface area (Å²) in [7, 11) is 0. The highest BCUT2D eigenvalue weighted by molar-refractivity contribution is 5.91. The molecule has 0 spiro atoms. The number of phenolic OH excluding ortho intramolecular Hbond substituents is 1. The molecule has 0 aliphatic heterocycles. The maximum absolute atomic E-state index is 12.4. The lowest BCUT2D eigenvalue weighted by molar-refractivity contribution is -0.138. The summed E-state index contributed by atoms with van der Waals surface area (Å²) in [6.07, 6.45) is 3.32. The topological polar surface area (TPSA) is 170 Å². The van der Waals surface area contributed by atoms with Crippen molar-refractivity contribution in [2.24, 2.45) is 5.73 Å². The summed E-state index contributed by atoms with van der Waals surface area (Å²) >= 11 is 0. The number of aromatic amines is 1. The van der Waals surface area contributed by atoms with Crippen molar-refractivity contribution in [2.75, 3.05) is 6.54 Å². The quantitative estimate of drug-likeness (QED) is 0.323. The minimum atomic E-state index is -1.20. The van der Waals surface area contributed by atoms with Gasteiger partial charge in [0.25, 0.3) is 0 Å². The van der Waals surface area contributed by atoms with Gasteiger partial charge in [-0.2, -0.15) is 0 Å². The Morgan fingerprint density at radius 2 is 1.85 bits per heavy atom. The van der Waals surface area contributed by atoms with Gasteiger partial charge in [-0.05, 0) is 17.7 Å². The molecule has 10 heteroatoms. The van der Waals surface area contributed by atoms with Crippen LogP contribution in [-0.4, -0.2) is 56.6 Å². The molecule has 2 amide bonds. The maximum atomic E-state index is 12.4. The van der Waals surface area contributed by atoms with Gasteiger partial charge in [0.05, 0.1) is 12.4 Å². The number of amides is 2. The number of imidazole rings is 1. The summed E-state index contributed by atoms with van der Waals surface area (Å²) in [6, 6.07) is 4.17. The van der Waals surface area contributed by atoms with Crippen molar-refractivity contribution >= 4 is 17.8 Å². The van der Waals surface area contributed by atoms with Gasteiger partial charge in [0.15, 0.2) is 0 Å². The third-order valence-electron chi connectivity index (χ3n) is 3.75. The van der Waals surface area contributed by atoms with Crippen molar-refractivity contribution in [3.63, 3.8) is 0 Å². The fourth-order valence-electron chi connectivity index (χ4n) is 2.37. The highest BCUT2D eigenvalue weighted by Gasteiger charge is 2.25. The Kier molecular flexibility index (Phi) is 6.89. The fourth-order valence-corrected chi connectivity index (χ4v) is 2.37. The molecule has 0 aliphatic rings. The number of nitrogens with one attached hydrogen (secondary N) is 3. The van der Waals surface area contributed by atoms with Gasteiger partial charge in [-0.25, -0.2) is 4.98 Å². The predicted molar refractivity (Wildman–Crippen MR) is 94.7 cm³/mol. The molecule has 1 aromatic carbocycles. The van der Waals surface area contributed by atoms with Crippen molar-refractivity contribution in [3.8, 4) is 5.75 Å². The summed E-state index contributed by atoms with van der Waals surface area (Å²) in [5, 5.41) is 22.9. The van der Waals surface area contributed by atoms with Gasteiger partial charge in [0.2, 0.25) is 11.8 Å². The highest BCUT2D eigenvalue weighted by atomic mass is 16.4. The van der Waals surface area contributed by atoms with Crippen LogP contribution in [0.1, 0.15) is 11.3 Å². The van der Waals surface area contributed by atoms with Gasteiger partial charge in [-0.15, -0.1) is 0 Å². The second-order valence-electron chi connectivity index (χ2n) is 5.93. The monoisotopic (exact) mass is 375 g/mol. The summed E-state index contributed by atoms with van der Waals surface area (Å²) < 4.78 is 0. The van der Waals surface area contributed by atoms with Crippen molar-refractivity contribution in [1.29, 1.82) is 0 Å². The number of H-pyrrole nitrogens is 1. The molecule has 144 valence electrons. The van der Waals surface area contributed by atoms with Crippen LogP contribution in [0.4, 0.5) is 0 Å². The molecule has 1 heterocycles. The van der Waals surface area contributed by atoms with Crippen LogP contribution < -0.4 is 16.4 Å². The van der Waals surface area contributed by atoms with E-state index >= 15 is 0 Å². The van der Waals surface area contributed by atoms with Crippen LogP contribution in [-0.2, 0) is 27.2 Å². The molecular weight excluding hydrogens is 354 g/mol. The third kappa shape index (κ3) is 6.44. The summed E-state index contributed by atoms with van der Waals surface area (Å²) in [4.78, 5) is 42.0. The molecule has 0 saturated heterocycles. The van der Waals surface area contributed by atoms with Crippen molar-refractivity contribution in [2.45, 2.75) is 24.9 Å². The average molecular weight is 375 g/mol. The Balaban J connectivity index is 2.05. The second-order valence-corrected chi connectivity index (χ2v) is 5.93. The number of carboxylic acids is 1. The molecule has 27 heavy (non-hydrogen) atoms. The van der Waals surface area contributed by atoms with Crippen molar-refractivity contribution in [3.05, 3.63) is 48.0 Å². The number of nitrogens with zero attached hydrogens (tertiary/aromatic N) is 1. The van der Waals surface area contributed by atoms with E-state index in [0.29, 0.717) is 11.3 Å². The number of hydrogen-bond donors (Lipinski definition) is 6. The second kappa shape index (κ2) is 9.34. The van der Waals surface area contributed by atoms with E-state index in [9.17, 15) is 19.5 Å². The van der Waals surface area contributed by atoms with Crippen molar-refractivity contribution < 1.29 is 24.6 Å². The van der Waals surface area contributed by atoms with Gasteiger partial charge >= 0.3 is 5.97 Å². The SMILES string of the molecule is NC(Cc1cnc[nH]1)C(=O)NC(Cc1ccc(O)cc1)C(=O)NCC(=O)O. The molecule has 0 bridgehead atoms. The standard InChI is InChI=1S/C17H21N5O5/c18-13(6-11-7-19-9-21-11)16(26)22-14(17(27)20-8-15(24)25)5-10-1-3-12(23)4-2-10/h1-4,7,9,13-14,23H,5-6,8,18H2,(H,19,21)(H,20,27)(H,22,26)(H,24,25). The Labute approximate surface area is 154 Å². The van der Waals surface area contributed by atoms with Crippen LogP contribution in [0.3, 0.4) is 0 Å². The first-order valence-corrected chi connectivity index (χ1v) is 8.15. The first-order chi connectivity index (χ1) is 12.8. The first-order valence-electron chi connectivity index (χ1n) is 8.15. The van der Waals surface area contributed by atoms with Crippen LogP contribution >= 0.6 is 0 Å². The lowest BCUT2D eigenvalue weighted by Crippen LogP contribution is -2.53. The molecule has 0 radical (unpaired) electrons. The van der Waals surface area contributed by atoms with E-state index in [2.05, 4.69) is 20.6 Å². The lowest BCUT2D eigenvalue weighted by atomic mass is 10.0. The van der Waals surface area contributed by atoms with Gasteiger partial charge in [0.1, 0.15) is 18.3 Å². The summed E-state index contributed by atoms with van der Waals surface area (Å²) in [5.41, 5.74) is 7.22. The van der Waals surface area contributed by atoms with Gasteiger partial charge < -0.3 is 31.6 Å². The van der Waals surface area contributed by atoms with Crippen LogP contribution in [0.15, 0.2) is 36.8 Å². The van der Waals surface area contributed by atoms with E-state index in [0.717, 1.165) is 0 Å². The largest absolute Gasteiger partial charge is 0.508 e. The van der Waals surface area contributed by atoms with E-state index in [4.69, 9.17) is 10.8 Å². The van der Waals surface area contributed by atoms with E-state index in [1.54, 1.807) is 18.3 Å². The number of carbonyl (C=O) groups is 3. The zero-order valence-corrected chi connectivity index (χ0v) is 14.4. The number of rotatable bonds is 9. The average Bonchev–Trinajstić information content (AvgIpc) is 3.13. The number of nitrogens with two attached hydrogens (primary N) is 1. The number of aliphatic carboxylic acids is 1. The molecule has 2 rings (SSSR count). The zero-order chi connectivity index (χ0) is 19.8.